The minimum absolute atomic E-state index is 0.149. The fraction of sp³-hybridized carbons (Fsp3) is 0.353. The van der Waals surface area contributed by atoms with Crippen molar-refractivity contribution in [1.82, 2.24) is 25.1 Å². The molecule has 0 saturated carbocycles. The van der Waals surface area contributed by atoms with Gasteiger partial charge in [0.25, 0.3) is 5.91 Å². The van der Waals surface area contributed by atoms with E-state index in [-0.39, 0.29) is 5.91 Å². The standard InChI is InChI=1S/C17H20ClN5O2S/c1-12-14(16(18)21(2)20-12)6-7-15(24)22-8-4-9-23(22)17(26)19-11-13-5-3-10-25-13/h3,5-7,10H,4,8-9,11H2,1-2H3,(H,19,26)/b7-6+. The van der Waals surface area contributed by atoms with E-state index >= 15 is 0 Å². The first-order chi connectivity index (χ1) is 12.5. The van der Waals surface area contributed by atoms with E-state index in [2.05, 4.69) is 10.4 Å². The van der Waals surface area contributed by atoms with Crippen LogP contribution in [0.4, 0.5) is 0 Å². The molecule has 1 aliphatic heterocycles. The number of carbonyl (C=O) groups is 1. The van der Waals surface area contributed by atoms with Crippen LogP contribution in [0.25, 0.3) is 6.08 Å². The molecule has 3 heterocycles. The highest BCUT2D eigenvalue weighted by Gasteiger charge is 2.27. The molecule has 2 aromatic heterocycles. The summed E-state index contributed by atoms with van der Waals surface area (Å²) in [4.78, 5) is 12.6. The first-order valence-corrected chi connectivity index (χ1v) is 9.02. The molecule has 0 aromatic carbocycles. The molecule has 26 heavy (non-hydrogen) atoms. The van der Waals surface area contributed by atoms with E-state index in [4.69, 9.17) is 28.2 Å². The van der Waals surface area contributed by atoms with E-state index in [9.17, 15) is 4.79 Å². The SMILES string of the molecule is Cc1nn(C)c(Cl)c1/C=C/C(=O)N1CCCN1C(=S)NCc1ccco1. The molecule has 0 atom stereocenters. The highest BCUT2D eigenvalue weighted by atomic mass is 35.5. The van der Waals surface area contributed by atoms with Gasteiger partial charge in [0.15, 0.2) is 5.11 Å². The minimum Gasteiger partial charge on any atom is -0.467 e. The minimum atomic E-state index is -0.149. The van der Waals surface area contributed by atoms with Crippen molar-refractivity contribution in [2.24, 2.45) is 7.05 Å². The highest BCUT2D eigenvalue weighted by Crippen LogP contribution is 2.20. The van der Waals surface area contributed by atoms with Crippen molar-refractivity contribution in [3.63, 3.8) is 0 Å². The largest absolute Gasteiger partial charge is 0.467 e. The number of amides is 1. The highest BCUT2D eigenvalue weighted by molar-refractivity contribution is 7.80. The monoisotopic (exact) mass is 393 g/mol. The van der Waals surface area contributed by atoms with E-state index < -0.39 is 0 Å². The van der Waals surface area contributed by atoms with E-state index in [1.165, 1.54) is 6.08 Å². The molecule has 1 saturated heterocycles. The number of nitrogens with zero attached hydrogens (tertiary/aromatic N) is 4. The smallest absolute Gasteiger partial charge is 0.265 e. The number of halogens is 1. The van der Waals surface area contributed by atoms with E-state index in [0.717, 1.165) is 23.4 Å². The molecule has 3 rings (SSSR count). The van der Waals surface area contributed by atoms with Crippen molar-refractivity contribution in [3.8, 4) is 0 Å². The summed E-state index contributed by atoms with van der Waals surface area (Å²) in [6.07, 6.45) is 5.67. The maximum absolute atomic E-state index is 12.6. The second-order valence-electron chi connectivity index (χ2n) is 5.92. The van der Waals surface area contributed by atoms with E-state index in [0.29, 0.717) is 29.9 Å². The maximum atomic E-state index is 12.6. The number of nitrogens with one attached hydrogen (secondary N) is 1. The first-order valence-electron chi connectivity index (χ1n) is 8.23. The van der Waals surface area contributed by atoms with Crippen LogP contribution >= 0.6 is 23.8 Å². The number of rotatable bonds is 4. The van der Waals surface area contributed by atoms with Gasteiger partial charge in [0.2, 0.25) is 0 Å². The number of hydrogen-bond acceptors (Lipinski definition) is 4. The number of furan rings is 1. The van der Waals surface area contributed by atoms with Crippen molar-refractivity contribution >= 4 is 40.9 Å². The second-order valence-corrected chi connectivity index (χ2v) is 6.67. The normalized spacial score (nSPS) is 14.4. The van der Waals surface area contributed by atoms with Gasteiger partial charge in [-0.25, -0.2) is 5.01 Å². The summed E-state index contributed by atoms with van der Waals surface area (Å²) in [5.74, 6) is 0.634. The lowest BCUT2D eigenvalue weighted by atomic mass is 10.2. The molecule has 0 radical (unpaired) electrons. The summed E-state index contributed by atoms with van der Waals surface area (Å²) < 4.78 is 6.86. The third-order valence-electron chi connectivity index (χ3n) is 4.10. The summed E-state index contributed by atoms with van der Waals surface area (Å²) >= 11 is 11.6. The Balaban J connectivity index is 1.64. The predicted molar refractivity (Wildman–Crippen MR) is 103 cm³/mol. The number of aromatic nitrogens is 2. The van der Waals surface area contributed by atoms with Gasteiger partial charge in [-0.15, -0.1) is 0 Å². The Kier molecular flexibility index (Phi) is 5.63. The van der Waals surface area contributed by atoms with E-state index in [1.54, 1.807) is 34.1 Å². The van der Waals surface area contributed by atoms with Crippen molar-refractivity contribution in [3.05, 3.63) is 46.6 Å². The predicted octanol–water partition coefficient (Wildman–Crippen LogP) is 2.51. The molecule has 9 heteroatoms. The van der Waals surface area contributed by atoms with Gasteiger partial charge in [-0.05, 0) is 43.8 Å². The fourth-order valence-electron chi connectivity index (χ4n) is 2.80. The van der Waals surface area contributed by atoms with Gasteiger partial charge in [0.05, 0.1) is 18.5 Å². The van der Waals surface area contributed by atoms with Crippen LogP contribution in [-0.4, -0.2) is 43.9 Å². The van der Waals surface area contributed by atoms with Crippen LogP contribution in [0.2, 0.25) is 5.15 Å². The maximum Gasteiger partial charge on any atom is 0.265 e. The molecule has 2 aromatic rings. The van der Waals surface area contributed by atoms with Gasteiger partial charge in [-0.3, -0.25) is 14.5 Å². The van der Waals surface area contributed by atoms with Gasteiger partial charge in [0.1, 0.15) is 10.9 Å². The van der Waals surface area contributed by atoms with Crippen molar-refractivity contribution in [1.29, 1.82) is 0 Å². The van der Waals surface area contributed by atoms with Gasteiger partial charge < -0.3 is 9.73 Å². The number of hydrogen-bond donors (Lipinski definition) is 1. The lowest BCUT2D eigenvalue weighted by Gasteiger charge is -2.29. The number of thiocarbonyl (C=S) groups is 1. The van der Waals surface area contributed by atoms with Crippen molar-refractivity contribution in [2.75, 3.05) is 13.1 Å². The van der Waals surface area contributed by atoms with Gasteiger partial charge in [-0.1, -0.05) is 11.6 Å². The third-order valence-corrected chi connectivity index (χ3v) is 4.91. The molecular weight excluding hydrogens is 374 g/mol. The Morgan fingerprint density at radius 3 is 2.88 bits per heavy atom. The zero-order chi connectivity index (χ0) is 18.7. The Bertz CT molecular complexity index is 831. The van der Waals surface area contributed by atoms with Crippen LogP contribution in [0.15, 0.2) is 28.9 Å². The molecule has 1 amide bonds. The summed E-state index contributed by atoms with van der Waals surface area (Å²) in [6.45, 7) is 3.64. The fourth-order valence-corrected chi connectivity index (χ4v) is 3.30. The zero-order valence-electron chi connectivity index (χ0n) is 14.6. The lowest BCUT2D eigenvalue weighted by Crippen LogP contribution is -2.48. The zero-order valence-corrected chi connectivity index (χ0v) is 16.2. The molecule has 0 spiro atoms. The molecule has 1 N–H and O–H groups in total. The third kappa shape index (κ3) is 3.91. The molecule has 138 valence electrons. The topological polar surface area (TPSA) is 66.5 Å². The Hall–Kier alpha value is -2.32. The van der Waals surface area contributed by atoms with Crippen LogP contribution in [-0.2, 0) is 18.4 Å². The Morgan fingerprint density at radius 1 is 1.46 bits per heavy atom. The van der Waals surface area contributed by atoms with Crippen LogP contribution in [0, 0.1) is 6.92 Å². The van der Waals surface area contributed by atoms with Crippen molar-refractivity contribution in [2.45, 2.75) is 19.9 Å². The molecule has 0 aliphatic carbocycles. The molecule has 7 nitrogen and oxygen atoms in total. The second kappa shape index (κ2) is 7.92. The van der Waals surface area contributed by atoms with Crippen LogP contribution in [0.5, 0.6) is 0 Å². The molecule has 0 unspecified atom stereocenters. The summed E-state index contributed by atoms with van der Waals surface area (Å²) in [7, 11) is 1.76. The van der Waals surface area contributed by atoms with Crippen LogP contribution in [0.3, 0.4) is 0 Å². The molecule has 1 fully saturated rings. The molecular formula is C17H20ClN5O2S. The average molecular weight is 394 g/mol. The quantitative estimate of drug-likeness (QED) is 0.636. The number of carbonyl (C=O) groups excluding carboxylic acids is 1. The first kappa shape index (κ1) is 18.5. The number of aryl methyl sites for hydroxylation is 2. The van der Waals surface area contributed by atoms with Gasteiger partial charge >= 0.3 is 0 Å². The van der Waals surface area contributed by atoms with Gasteiger partial charge in [0, 0.05) is 31.8 Å². The van der Waals surface area contributed by atoms with E-state index in [1.807, 2.05) is 19.1 Å². The molecule has 1 aliphatic rings. The molecule has 0 bridgehead atoms. The Morgan fingerprint density at radius 2 is 2.23 bits per heavy atom. The van der Waals surface area contributed by atoms with Crippen molar-refractivity contribution < 1.29 is 9.21 Å². The summed E-state index contributed by atoms with van der Waals surface area (Å²) in [5, 5.41) is 11.8. The summed E-state index contributed by atoms with van der Waals surface area (Å²) in [6, 6.07) is 3.69. The number of hydrazine groups is 1. The van der Waals surface area contributed by atoms with Crippen LogP contribution < -0.4 is 5.32 Å². The Labute approximate surface area is 162 Å². The lowest BCUT2D eigenvalue weighted by molar-refractivity contribution is -0.133. The average Bonchev–Trinajstić information content (AvgIpc) is 3.34. The van der Waals surface area contributed by atoms with Crippen LogP contribution in [0.1, 0.15) is 23.4 Å². The summed E-state index contributed by atoms with van der Waals surface area (Å²) in [5.41, 5.74) is 1.52. The van der Waals surface area contributed by atoms with Gasteiger partial charge in [-0.2, -0.15) is 5.10 Å².